The zero-order chi connectivity index (χ0) is 23.5. The highest BCUT2D eigenvalue weighted by Crippen LogP contribution is 2.49. The number of amides is 1. The van der Waals surface area contributed by atoms with Crippen LogP contribution < -0.4 is 4.90 Å². The van der Waals surface area contributed by atoms with Gasteiger partial charge in [-0.1, -0.05) is 48.5 Å². The van der Waals surface area contributed by atoms with Crippen molar-refractivity contribution in [2.45, 2.75) is 18.3 Å². The van der Waals surface area contributed by atoms with Crippen LogP contribution in [-0.2, 0) is 24.0 Å². The number of benzene rings is 3. The Morgan fingerprint density at radius 1 is 1.00 bits per heavy atom. The zero-order valence-corrected chi connectivity index (χ0v) is 17.4. The number of para-hydroxylation sites is 1. The lowest BCUT2D eigenvalue weighted by Gasteiger charge is -2.25. The number of aromatic nitrogens is 1. The summed E-state index contributed by atoms with van der Waals surface area (Å²) in [5, 5.41) is 12.3. The van der Waals surface area contributed by atoms with Crippen LogP contribution in [0.25, 0.3) is 21.9 Å². The van der Waals surface area contributed by atoms with Gasteiger partial charge in [0.25, 0.3) is 11.5 Å². The van der Waals surface area contributed by atoms with E-state index >= 15 is 4.39 Å². The molecule has 0 fully saturated rings. The van der Waals surface area contributed by atoms with E-state index in [4.69, 9.17) is 0 Å². The first kappa shape index (κ1) is 21.2. The minimum atomic E-state index is -5.22. The molecule has 1 unspecified atom stereocenters. The number of fused-ring (bicyclic) bond motifs is 2. The molecule has 168 valence electrons. The Hall–Kier alpha value is -3.65. The van der Waals surface area contributed by atoms with Crippen LogP contribution in [0.2, 0.25) is 0 Å². The van der Waals surface area contributed by atoms with E-state index in [1.165, 1.54) is 30.3 Å². The third-order valence-electron chi connectivity index (χ3n) is 6.06. The van der Waals surface area contributed by atoms with Crippen molar-refractivity contribution in [3.63, 3.8) is 0 Å². The molecule has 1 aliphatic rings. The molecule has 0 radical (unpaired) electrons. The van der Waals surface area contributed by atoms with Gasteiger partial charge in [0, 0.05) is 36.0 Å². The summed E-state index contributed by atoms with van der Waals surface area (Å²) in [7, 11) is 1.89. The molecule has 1 atom stereocenters. The number of carbonyl (C=O) groups is 1. The van der Waals surface area contributed by atoms with Gasteiger partial charge >= 0.3 is 6.18 Å². The van der Waals surface area contributed by atoms with Crippen LogP contribution in [0.4, 0.5) is 23.2 Å². The van der Waals surface area contributed by atoms with Gasteiger partial charge in [0.15, 0.2) is 0 Å². The van der Waals surface area contributed by atoms with E-state index in [1.54, 1.807) is 6.07 Å². The summed E-state index contributed by atoms with van der Waals surface area (Å²) < 4.78 is 58.0. The SMILES string of the molecule is Cn1cc2cccc(-c3ccc(CN4C(=O)C(O)(C(F)(F)F)c5ccccc54)c(F)c3)c2c1. The Labute approximate surface area is 186 Å². The predicted molar refractivity (Wildman–Crippen MR) is 116 cm³/mol. The fourth-order valence-electron chi connectivity index (χ4n) is 4.43. The van der Waals surface area contributed by atoms with E-state index in [0.29, 0.717) is 5.56 Å². The third-order valence-corrected chi connectivity index (χ3v) is 6.06. The van der Waals surface area contributed by atoms with E-state index in [-0.39, 0.29) is 11.3 Å². The van der Waals surface area contributed by atoms with Gasteiger partial charge in [0.1, 0.15) is 5.82 Å². The summed E-state index contributed by atoms with van der Waals surface area (Å²) in [5.74, 6) is -2.21. The highest BCUT2D eigenvalue weighted by atomic mass is 19.4. The number of carbonyl (C=O) groups excluding carboxylic acids is 1. The largest absolute Gasteiger partial charge is 0.430 e. The van der Waals surface area contributed by atoms with Crippen molar-refractivity contribution in [2.75, 3.05) is 4.90 Å². The quantitative estimate of drug-likeness (QED) is 0.428. The normalized spacial score (nSPS) is 18.2. The topological polar surface area (TPSA) is 45.5 Å². The first-order valence-electron chi connectivity index (χ1n) is 10.2. The summed E-state index contributed by atoms with van der Waals surface area (Å²) in [4.78, 5) is 13.5. The molecule has 0 spiro atoms. The maximum atomic E-state index is 15.1. The van der Waals surface area contributed by atoms with Crippen molar-refractivity contribution in [1.82, 2.24) is 4.57 Å². The van der Waals surface area contributed by atoms with Crippen LogP contribution in [0.15, 0.2) is 73.1 Å². The van der Waals surface area contributed by atoms with Gasteiger partial charge in [-0.2, -0.15) is 13.2 Å². The van der Waals surface area contributed by atoms with Gasteiger partial charge < -0.3 is 14.6 Å². The molecule has 4 aromatic rings. The Morgan fingerprint density at radius 2 is 1.76 bits per heavy atom. The van der Waals surface area contributed by atoms with Gasteiger partial charge in [0.2, 0.25) is 0 Å². The van der Waals surface area contributed by atoms with Crippen molar-refractivity contribution >= 4 is 22.4 Å². The second kappa shape index (κ2) is 7.18. The van der Waals surface area contributed by atoms with Crippen LogP contribution in [0.3, 0.4) is 0 Å². The molecule has 3 aromatic carbocycles. The van der Waals surface area contributed by atoms with Crippen LogP contribution in [0.5, 0.6) is 0 Å². The Kier molecular flexibility index (Phi) is 4.61. The summed E-state index contributed by atoms with van der Waals surface area (Å²) >= 11 is 0. The fourth-order valence-corrected chi connectivity index (χ4v) is 4.43. The van der Waals surface area contributed by atoms with Crippen molar-refractivity contribution < 1.29 is 27.5 Å². The summed E-state index contributed by atoms with van der Waals surface area (Å²) in [5.41, 5.74) is -2.87. The van der Waals surface area contributed by atoms with Crippen LogP contribution >= 0.6 is 0 Å². The molecule has 2 heterocycles. The number of halogens is 4. The molecular formula is C25H18F4N2O2. The summed E-state index contributed by atoms with van der Waals surface area (Å²) in [6.45, 7) is -0.449. The predicted octanol–water partition coefficient (Wildman–Crippen LogP) is 5.28. The second-order valence-corrected chi connectivity index (χ2v) is 8.15. The first-order chi connectivity index (χ1) is 15.6. The standard InChI is InChI=1S/C25H18F4N2O2/c1-30-12-16-5-4-6-18(19(16)14-30)15-9-10-17(21(26)11-15)13-31-22-8-3-2-7-20(22)24(33,23(31)32)25(27,28)29/h2-12,14,33H,13H2,1H3. The van der Waals surface area contributed by atoms with Crippen molar-refractivity contribution in [3.8, 4) is 11.1 Å². The number of alkyl halides is 3. The van der Waals surface area contributed by atoms with Gasteiger partial charge in [0.05, 0.1) is 12.2 Å². The van der Waals surface area contributed by atoms with Crippen LogP contribution in [0.1, 0.15) is 11.1 Å². The Morgan fingerprint density at radius 3 is 2.48 bits per heavy atom. The third kappa shape index (κ3) is 3.13. The Bertz CT molecular complexity index is 1410. The monoisotopic (exact) mass is 454 g/mol. The van der Waals surface area contributed by atoms with Gasteiger partial charge in [-0.05, 0) is 28.6 Å². The van der Waals surface area contributed by atoms with Crippen LogP contribution in [0, 0.1) is 5.82 Å². The molecule has 1 aromatic heterocycles. The number of rotatable bonds is 3. The van der Waals surface area contributed by atoms with E-state index < -0.39 is 35.6 Å². The maximum absolute atomic E-state index is 15.1. The lowest BCUT2D eigenvalue weighted by molar-refractivity contribution is -0.253. The maximum Gasteiger partial charge on any atom is 0.430 e. The first-order valence-corrected chi connectivity index (χ1v) is 10.2. The van der Waals surface area contributed by atoms with Crippen molar-refractivity contribution in [2.24, 2.45) is 7.05 Å². The molecule has 1 N–H and O–H groups in total. The summed E-state index contributed by atoms with van der Waals surface area (Å²) in [6.07, 6.45) is -1.35. The fraction of sp³-hybridized carbons (Fsp3) is 0.160. The Balaban J connectivity index is 1.52. The number of anilines is 1. The lowest BCUT2D eigenvalue weighted by Crippen LogP contribution is -2.50. The summed E-state index contributed by atoms with van der Waals surface area (Å²) in [6, 6.07) is 15.2. The van der Waals surface area contributed by atoms with Crippen molar-refractivity contribution in [3.05, 3.63) is 90.0 Å². The van der Waals surface area contributed by atoms with Gasteiger partial charge in [-0.3, -0.25) is 4.79 Å². The number of hydrogen-bond acceptors (Lipinski definition) is 2. The number of aliphatic hydroxyl groups is 1. The van der Waals surface area contributed by atoms with Crippen LogP contribution in [-0.4, -0.2) is 21.8 Å². The lowest BCUT2D eigenvalue weighted by atomic mass is 9.95. The molecule has 1 aliphatic heterocycles. The number of aryl methyl sites for hydroxylation is 1. The number of hydrogen-bond donors (Lipinski definition) is 1. The zero-order valence-electron chi connectivity index (χ0n) is 17.4. The molecule has 0 aliphatic carbocycles. The van der Waals surface area contributed by atoms with Crippen molar-refractivity contribution in [1.29, 1.82) is 0 Å². The van der Waals surface area contributed by atoms with E-state index in [0.717, 1.165) is 27.3 Å². The van der Waals surface area contributed by atoms with Gasteiger partial charge in [-0.25, -0.2) is 4.39 Å². The second-order valence-electron chi connectivity index (χ2n) is 8.15. The number of nitrogens with zero attached hydrogens (tertiary/aromatic N) is 2. The van der Waals surface area contributed by atoms with E-state index in [1.807, 2.05) is 42.2 Å². The minimum Gasteiger partial charge on any atom is -0.368 e. The highest BCUT2D eigenvalue weighted by molar-refractivity contribution is 6.07. The highest BCUT2D eigenvalue weighted by Gasteiger charge is 2.66. The van der Waals surface area contributed by atoms with Gasteiger partial charge in [-0.15, -0.1) is 0 Å². The molecule has 0 saturated carbocycles. The molecule has 4 nitrogen and oxygen atoms in total. The average molecular weight is 454 g/mol. The molecule has 5 rings (SSSR count). The smallest absolute Gasteiger partial charge is 0.368 e. The van der Waals surface area contributed by atoms with E-state index in [9.17, 15) is 23.1 Å². The molecule has 8 heteroatoms. The molecular weight excluding hydrogens is 436 g/mol. The molecule has 33 heavy (non-hydrogen) atoms. The molecule has 1 amide bonds. The van der Waals surface area contributed by atoms with E-state index in [2.05, 4.69) is 0 Å². The average Bonchev–Trinajstić information content (AvgIpc) is 3.25. The molecule has 0 bridgehead atoms. The molecule has 0 saturated heterocycles. The minimum absolute atomic E-state index is 0.0357.